The first-order valence-corrected chi connectivity index (χ1v) is 7.72. The molecule has 0 saturated heterocycles. The molecule has 0 radical (unpaired) electrons. The number of carbonyl (C=O) groups is 1. The molecular formula is C16H9Cl3N2O2. The van der Waals surface area contributed by atoms with Crippen molar-refractivity contribution in [1.82, 2.24) is 9.55 Å². The smallest absolute Gasteiger partial charge is 0.261 e. The second-order valence-electron chi connectivity index (χ2n) is 4.89. The Morgan fingerprint density at radius 2 is 1.74 bits per heavy atom. The molecule has 0 fully saturated rings. The van der Waals surface area contributed by atoms with Gasteiger partial charge in [0.1, 0.15) is 0 Å². The van der Waals surface area contributed by atoms with Crippen LogP contribution in [0.2, 0.25) is 15.1 Å². The van der Waals surface area contributed by atoms with Crippen LogP contribution in [0.1, 0.15) is 10.4 Å². The Morgan fingerprint density at radius 1 is 1.04 bits per heavy atom. The molecule has 116 valence electrons. The molecule has 3 rings (SSSR count). The highest BCUT2D eigenvalue weighted by Gasteiger charge is 2.13. The third-order valence-corrected chi connectivity index (χ3v) is 4.12. The molecule has 0 aliphatic rings. The highest BCUT2D eigenvalue weighted by atomic mass is 35.5. The van der Waals surface area contributed by atoms with Gasteiger partial charge in [0, 0.05) is 15.6 Å². The van der Waals surface area contributed by atoms with E-state index in [9.17, 15) is 9.59 Å². The Labute approximate surface area is 146 Å². The van der Waals surface area contributed by atoms with Gasteiger partial charge in [0.2, 0.25) is 0 Å². The average Bonchev–Trinajstić information content (AvgIpc) is 2.50. The molecule has 2 aromatic carbocycles. The zero-order chi connectivity index (χ0) is 16.6. The van der Waals surface area contributed by atoms with Gasteiger partial charge in [-0.05, 0) is 36.4 Å². The van der Waals surface area contributed by atoms with Crippen molar-refractivity contribution in [2.75, 3.05) is 0 Å². The number of nitrogens with zero attached hydrogens (tertiary/aromatic N) is 2. The molecule has 0 aliphatic heterocycles. The van der Waals surface area contributed by atoms with Crippen molar-refractivity contribution < 1.29 is 4.79 Å². The van der Waals surface area contributed by atoms with Crippen molar-refractivity contribution >= 4 is 51.5 Å². The summed E-state index contributed by atoms with van der Waals surface area (Å²) >= 11 is 17.7. The van der Waals surface area contributed by atoms with Crippen molar-refractivity contribution in [3.63, 3.8) is 0 Å². The largest absolute Gasteiger partial charge is 0.292 e. The molecule has 0 spiro atoms. The van der Waals surface area contributed by atoms with Gasteiger partial charge in [0.15, 0.2) is 5.78 Å². The zero-order valence-corrected chi connectivity index (χ0v) is 13.9. The molecular weight excluding hydrogens is 359 g/mol. The van der Waals surface area contributed by atoms with E-state index in [2.05, 4.69) is 4.98 Å². The summed E-state index contributed by atoms with van der Waals surface area (Å²) in [7, 11) is 0. The number of carbonyl (C=O) groups excluding carboxylic acids is 1. The SMILES string of the molecule is O=C(Cn1cnc2cc(Cl)ccc2c1=O)c1ccc(Cl)cc1Cl. The van der Waals surface area contributed by atoms with Crippen LogP contribution in [0.25, 0.3) is 10.9 Å². The lowest BCUT2D eigenvalue weighted by Gasteiger charge is -2.07. The number of aromatic nitrogens is 2. The standard InChI is InChI=1S/C16H9Cl3N2O2/c17-9-1-3-11(13(19)5-9)15(22)7-21-8-20-14-6-10(18)2-4-12(14)16(21)23/h1-6,8H,7H2. The normalized spacial score (nSPS) is 10.9. The second-order valence-corrected chi connectivity index (χ2v) is 6.17. The van der Waals surface area contributed by atoms with Crippen LogP contribution in [0.3, 0.4) is 0 Å². The molecule has 0 aliphatic carbocycles. The van der Waals surface area contributed by atoms with Crippen LogP contribution < -0.4 is 5.56 Å². The summed E-state index contributed by atoms with van der Waals surface area (Å²) in [5, 5.41) is 1.57. The number of rotatable bonds is 3. The quantitative estimate of drug-likeness (QED) is 0.651. The van der Waals surface area contributed by atoms with Gasteiger partial charge in [-0.25, -0.2) is 4.98 Å². The van der Waals surface area contributed by atoms with Gasteiger partial charge in [-0.1, -0.05) is 34.8 Å². The van der Waals surface area contributed by atoms with E-state index in [1.165, 1.54) is 23.0 Å². The molecule has 3 aromatic rings. The number of Topliss-reactive ketones (excluding diaryl/α,β-unsaturated/α-hetero) is 1. The third kappa shape index (κ3) is 3.24. The van der Waals surface area contributed by atoms with Gasteiger partial charge in [-0.2, -0.15) is 0 Å². The summed E-state index contributed by atoms with van der Waals surface area (Å²) in [6, 6.07) is 9.38. The lowest BCUT2D eigenvalue weighted by atomic mass is 10.1. The first kappa shape index (κ1) is 16.0. The molecule has 0 saturated carbocycles. The molecule has 0 N–H and O–H groups in total. The van der Waals surface area contributed by atoms with E-state index in [4.69, 9.17) is 34.8 Å². The molecule has 1 aromatic heterocycles. The van der Waals surface area contributed by atoms with Crippen molar-refractivity contribution in [2.24, 2.45) is 0 Å². The number of benzene rings is 2. The summed E-state index contributed by atoms with van der Waals surface area (Å²) in [6.07, 6.45) is 1.32. The first-order chi connectivity index (χ1) is 11.0. The van der Waals surface area contributed by atoms with E-state index >= 15 is 0 Å². The van der Waals surface area contributed by atoms with Gasteiger partial charge in [-0.3, -0.25) is 14.2 Å². The second kappa shape index (κ2) is 6.32. The molecule has 4 nitrogen and oxygen atoms in total. The minimum atomic E-state index is -0.315. The van der Waals surface area contributed by atoms with Crippen LogP contribution in [-0.2, 0) is 6.54 Å². The number of ketones is 1. The monoisotopic (exact) mass is 366 g/mol. The number of halogens is 3. The van der Waals surface area contributed by atoms with E-state index in [-0.39, 0.29) is 22.9 Å². The molecule has 0 unspecified atom stereocenters. The maximum absolute atomic E-state index is 12.4. The van der Waals surface area contributed by atoms with Crippen molar-refractivity contribution in [1.29, 1.82) is 0 Å². The molecule has 7 heteroatoms. The minimum Gasteiger partial charge on any atom is -0.292 e. The van der Waals surface area contributed by atoms with Crippen LogP contribution >= 0.6 is 34.8 Å². The van der Waals surface area contributed by atoms with E-state index in [1.54, 1.807) is 24.3 Å². The average molecular weight is 368 g/mol. The lowest BCUT2D eigenvalue weighted by Crippen LogP contribution is -2.24. The summed E-state index contributed by atoms with van der Waals surface area (Å²) < 4.78 is 1.24. The highest BCUT2D eigenvalue weighted by Crippen LogP contribution is 2.21. The summed E-state index contributed by atoms with van der Waals surface area (Å²) in [5.74, 6) is -0.302. The van der Waals surface area contributed by atoms with Crippen LogP contribution in [0, 0.1) is 0 Å². The topological polar surface area (TPSA) is 52.0 Å². The van der Waals surface area contributed by atoms with Gasteiger partial charge in [0.05, 0.1) is 28.8 Å². The van der Waals surface area contributed by atoms with Gasteiger partial charge >= 0.3 is 0 Å². The zero-order valence-electron chi connectivity index (χ0n) is 11.6. The van der Waals surface area contributed by atoms with E-state index in [1.807, 2.05) is 0 Å². The predicted molar refractivity (Wildman–Crippen MR) is 91.8 cm³/mol. The van der Waals surface area contributed by atoms with E-state index in [0.29, 0.717) is 26.5 Å². The van der Waals surface area contributed by atoms with Crippen molar-refractivity contribution in [3.8, 4) is 0 Å². The van der Waals surface area contributed by atoms with Crippen LogP contribution in [0.15, 0.2) is 47.5 Å². The Kier molecular flexibility index (Phi) is 4.39. The summed E-state index contributed by atoms with van der Waals surface area (Å²) in [4.78, 5) is 28.9. The summed E-state index contributed by atoms with van der Waals surface area (Å²) in [6.45, 7) is -0.161. The van der Waals surface area contributed by atoms with Gasteiger partial charge < -0.3 is 0 Å². The maximum atomic E-state index is 12.4. The fraction of sp³-hybridized carbons (Fsp3) is 0.0625. The Balaban J connectivity index is 1.98. The van der Waals surface area contributed by atoms with Crippen LogP contribution in [0.4, 0.5) is 0 Å². The fourth-order valence-corrected chi connectivity index (χ4v) is 2.88. The molecule has 0 amide bonds. The van der Waals surface area contributed by atoms with Crippen molar-refractivity contribution in [2.45, 2.75) is 6.54 Å². The molecule has 23 heavy (non-hydrogen) atoms. The third-order valence-electron chi connectivity index (χ3n) is 3.33. The highest BCUT2D eigenvalue weighted by molar-refractivity contribution is 6.36. The number of hydrogen-bond acceptors (Lipinski definition) is 3. The van der Waals surface area contributed by atoms with Crippen LogP contribution in [-0.4, -0.2) is 15.3 Å². The van der Waals surface area contributed by atoms with E-state index < -0.39 is 0 Å². The van der Waals surface area contributed by atoms with Crippen LogP contribution in [0.5, 0.6) is 0 Å². The van der Waals surface area contributed by atoms with Gasteiger partial charge in [-0.15, -0.1) is 0 Å². The molecule has 0 atom stereocenters. The van der Waals surface area contributed by atoms with Crippen molar-refractivity contribution in [3.05, 3.63) is 73.7 Å². The lowest BCUT2D eigenvalue weighted by molar-refractivity contribution is 0.0971. The van der Waals surface area contributed by atoms with E-state index in [0.717, 1.165) is 0 Å². The molecule has 0 bridgehead atoms. The number of fused-ring (bicyclic) bond motifs is 1. The van der Waals surface area contributed by atoms with Gasteiger partial charge in [0.25, 0.3) is 5.56 Å². The fourth-order valence-electron chi connectivity index (χ4n) is 2.20. The summed E-state index contributed by atoms with van der Waals surface area (Å²) in [5.41, 5.74) is 0.472. The number of hydrogen-bond donors (Lipinski definition) is 0. The predicted octanol–water partition coefficient (Wildman–Crippen LogP) is 4.24. The Bertz CT molecular complexity index is 983. The Hall–Kier alpha value is -1.88. The molecule has 1 heterocycles. The minimum absolute atomic E-state index is 0.161. The first-order valence-electron chi connectivity index (χ1n) is 6.58. The maximum Gasteiger partial charge on any atom is 0.261 e. The Morgan fingerprint density at radius 3 is 2.48 bits per heavy atom.